The van der Waals surface area contributed by atoms with Crippen molar-refractivity contribution in [3.63, 3.8) is 0 Å². The van der Waals surface area contributed by atoms with E-state index >= 15 is 0 Å². The molecule has 0 bridgehead atoms. The molecule has 0 saturated carbocycles. The van der Waals surface area contributed by atoms with Crippen molar-refractivity contribution < 1.29 is 9.47 Å². The van der Waals surface area contributed by atoms with Gasteiger partial charge >= 0.3 is 0 Å². The molecule has 0 aliphatic carbocycles. The van der Waals surface area contributed by atoms with E-state index in [4.69, 9.17) is 14.7 Å². The minimum atomic E-state index is 0.451. The van der Waals surface area contributed by atoms with Crippen LogP contribution in [0.5, 0.6) is 11.5 Å². The molecule has 2 rings (SSSR count). The second-order valence-electron chi connectivity index (χ2n) is 5.16. The Bertz CT molecular complexity index is 676. The van der Waals surface area contributed by atoms with Crippen LogP contribution in [0.4, 0.5) is 0 Å². The molecule has 2 aromatic rings. The highest BCUT2D eigenvalue weighted by Crippen LogP contribution is 2.26. The molecule has 0 aromatic heterocycles. The van der Waals surface area contributed by atoms with Crippen LogP contribution in [-0.4, -0.2) is 7.11 Å². The van der Waals surface area contributed by atoms with Crippen LogP contribution in [0.1, 0.15) is 27.8 Å². The number of hydrogen-bond acceptors (Lipinski definition) is 3. The van der Waals surface area contributed by atoms with Crippen molar-refractivity contribution in [2.24, 2.45) is 0 Å². The number of benzene rings is 2. The van der Waals surface area contributed by atoms with Gasteiger partial charge in [0.1, 0.15) is 24.2 Å². The van der Waals surface area contributed by atoms with E-state index in [2.05, 4.69) is 39.0 Å². The SMILES string of the molecule is COc1cc(COc2c(C)cc(C)cc2C)ccc1C#N. The van der Waals surface area contributed by atoms with Crippen molar-refractivity contribution in [1.29, 1.82) is 5.26 Å². The molecular formula is C18H19NO2. The summed E-state index contributed by atoms with van der Waals surface area (Å²) in [4.78, 5) is 0. The van der Waals surface area contributed by atoms with Gasteiger partial charge in [0.25, 0.3) is 0 Å². The molecule has 0 atom stereocenters. The van der Waals surface area contributed by atoms with Crippen LogP contribution in [-0.2, 0) is 6.61 Å². The number of aryl methyl sites for hydroxylation is 3. The number of rotatable bonds is 4. The average molecular weight is 281 g/mol. The maximum absolute atomic E-state index is 8.99. The second kappa shape index (κ2) is 6.32. The minimum Gasteiger partial charge on any atom is -0.495 e. The first-order valence-electron chi connectivity index (χ1n) is 6.83. The maximum Gasteiger partial charge on any atom is 0.137 e. The Balaban J connectivity index is 2.19. The van der Waals surface area contributed by atoms with Crippen LogP contribution < -0.4 is 9.47 Å². The number of nitrogens with zero attached hydrogens (tertiary/aromatic N) is 1. The lowest BCUT2D eigenvalue weighted by Crippen LogP contribution is -2.00. The number of hydrogen-bond donors (Lipinski definition) is 0. The van der Waals surface area contributed by atoms with Crippen molar-refractivity contribution in [1.82, 2.24) is 0 Å². The lowest BCUT2D eigenvalue weighted by atomic mass is 10.1. The highest BCUT2D eigenvalue weighted by atomic mass is 16.5. The van der Waals surface area contributed by atoms with Crippen molar-refractivity contribution in [3.05, 3.63) is 58.1 Å². The maximum atomic E-state index is 8.99. The summed E-state index contributed by atoms with van der Waals surface area (Å²) < 4.78 is 11.2. The summed E-state index contributed by atoms with van der Waals surface area (Å²) >= 11 is 0. The molecule has 3 heteroatoms. The third-order valence-corrected chi connectivity index (χ3v) is 3.37. The Kier molecular flexibility index (Phi) is 4.49. The van der Waals surface area contributed by atoms with Gasteiger partial charge in [-0.2, -0.15) is 5.26 Å². The summed E-state index contributed by atoms with van der Waals surface area (Å²) in [6, 6.07) is 11.8. The van der Waals surface area contributed by atoms with E-state index in [-0.39, 0.29) is 0 Å². The van der Waals surface area contributed by atoms with E-state index in [0.29, 0.717) is 17.9 Å². The lowest BCUT2D eigenvalue weighted by molar-refractivity contribution is 0.301. The van der Waals surface area contributed by atoms with Crippen LogP contribution >= 0.6 is 0 Å². The Labute approximate surface area is 125 Å². The molecule has 0 heterocycles. The zero-order chi connectivity index (χ0) is 15.4. The molecule has 21 heavy (non-hydrogen) atoms. The number of methoxy groups -OCH3 is 1. The predicted molar refractivity (Wildman–Crippen MR) is 82.7 cm³/mol. The molecular weight excluding hydrogens is 262 g/mol. The minimum absolute atomic E-state index is 0.451. The number of ether oxygens (including phenoxy) is 2. The molecule has 0 fully saturated rings. The van der Waals surface area contributed by atoms with E-state index in [1.54, 1.807) is 13.2 Å². The van der Waals surface area contributed by atoms with E-state index in [9.17, 15) is 0 Å². The fourth-order valence-corrected chi connectivity index (χ4v) is 2.47. The highest BCUT2D eigenvalue weighted by Gasteiger charge is 2.07. The quantitative estimate of drug-likeness (QED) is 0.848. The second-order valence-corrected chi connectivity index (χ2v) is 5.16. The molecule has 0 saturated heterocycles. The van der Waals surface area contributed by atoms with E-state index in [0.717, 1.165) is 22.4 Å². The normalized spacial score (nSPS) is 10.0. The summed E-state index contributed by atoms with van der Waals surface area (Å²) in [5.41, 5.74) is 5.01. The van der Waals surface area contributed by atoms with Crippen LogP contribution in [0.25, 0.3) is 0 Å². The van der Waals surface area contributed by atoms with Crippen molar-refractivity contribution in [3.8, 4) is 17.6 Å². The highest BCUT2D eigenvalue weighted by molar-refractivity contribution is 5.46. The molecule has 3 nitrogen and oxygen atoms in total. The first kappa shape index (κ1) is 14.9. The van der Waals surface area contributed by atoms with Gasteiger partial charge in [0, 0.05) is 0 Å². The zero-order valence-electron chi connectivity index (χ0n) is 12.9. The molecule has 0 amide bonds. The summed E-state index contributed by atoms with van der Waals surface area (Å²) in [5, 5.41) is 8.99. The van der Waals surface area contributed by atoms with Gasteiger partial charge in [0.15, 0.2) is 0 Å². The third-order valence-electron chi connectivity index (χ3n) is 3.37. The molecule has 0 aliphatic heterocycles. The van der Waals surface area contributed by atoms with Gasteiger partial charge in [-0.1, -0.05) is 23.8 Å². The van der Waals surface area contributed by atoms with Crippen molar-refractivity contribution in [2.45, 2.75) is 27.4 Å². The first-order chi connectivity index (χ1) is 10.0. The Hall–Kier alpha value is -2.47. The van der Waals surface area contributed by atoms with Gasteiger partial charge in [-0.3, -0.25) is 0 Å². The fraction of sp³-hybridized carbons (Fsp3) is 0.278. The van der Waals surface area contributed by atoms with Crippen LogP contribution in [0.2, 0.25) is 0 Å². The lowest BCUT2D eigenvalue weighted by Gasteiger charge is -2.14. The molecule has 108 valence electrons. The summed E-state index contributed by atoms with van der Waals surface area (Å²) in [7, 11) is 1.56. The van der Waals surface area contributed by atoms with Crippen molar-refractivity contribution in [2.75, 3.05) is 7.11 Å². The largest absolute Gasteiger partial charge is 0.495 e. The third kappa shape index (κ3) is 3.35. The summed E-state index contributed by atoms with van der Waals surface area (Å²) in [6.45, 7) is 6.63. The number of nitriles is 1. The molecule has 2 aromatic carbocycles. The standard InChI is InChI=1S/C18H19NO2/c1-12-7-13(2)18(14(3)8-12)21-11-15-5-6-16(10-19)17(9-15)20-4/h5-9H,11H2,1-4H3. The van der Waals surface area contributed by atoms with E-state index in [1.807, 2.05) is 12.1 Å². The molecule has 0 unspecified atom stereocenters. The molecule has 0 aliphatic rings. The Morgan fingerprint density at radius 3 is 2.29 bits per heavy atom. The summed E-state index contributed by atoms with van der Waals surface area (Å²) in [5.74, 6) is 1.50. The predicted octanol–water partition coefficient (Wildman–Crippen LogP) is 4.07. The fourth-order valence-electron chi connectivity index (χ4n) is 2.47. The topological polar surface area (TPSA) is 42.2 Å². The van der Waals surface area contributed by atoms with Gasteiger partial charge in [-0.25, -0.2) is 0 Å². The molecule has 0 radical (unpaired) electrons. The van der Waals surface area contributed by atoms with Gasteiger partial charge < -0.3 is 9.47 Å². The van der Waals surface area contributed by atoms with Crippen molar-refractivity contribution >= 4 is 0 Å². The van der Waals surface area contributed by atoms with Crippen LogP contribution in [0.15, 0.2) is 30.3 Å². The van der Waals surface area contributed by atoms with Gasteiger partial charge in [0.05, 0.1) is 12.7 Å². The average Bonchev–Trinajstić information content (AvgIpc) is 2.45. The van der Waals surface area contributed by atoms with Gasteiger partial charge in [-0.15, -0.1) is 0 Å². The van der Waals surface area contributed by atoms with E-state index < -0.39 is 0 Å². The summed E-state index contributed by atoms with van der Waals surface area (Å²) in [6.07, 6.45) is 0. The van der Waals surface area contributed by atoms with Crippen LogP contribution in [0, 0.1) is 32.1 Å². The smallest absolute Gasteiger partial charge is 0.137 e. The zero-order valence-corrected chi connectivity index (χ0v) is 12.9. The Morgan fingerprint density at radius 2 is 1.71 bits per heavy atom. The Morgan fingerprint density at radius 1 is 1.05 bits per heavy atom. The van der Waals surface area contributed by atoms with Crippen LogP contribution in [0.3, 0.4) is 0 Å². The molecule has 0 spiro atoms. The monoisotopic (exact) mass is 281 g/mol. The van der Waals surface area contributed by atoms with Gasteiger partial charge in [0.2, 0.25) is 0 Å². The van der Waals surface area contributed by atoms with E-state index in [1.165, 1.54) is 5.56 Å². The molecule has 0 N–H and O–H groups in total. The first-order valence-corrected chi connectivity index (χ1v) is 6.83. The van der Waals surface area contributed by atoms with Gasteiger partial charge in [-0.05, 0) is 49.6 Å².